The maximum Gasteiger partial charge on any atom is 0.251 e. The second-order valence-corrected chi connectivity index (χ2v) is 7.83. The van der Waals surface area contributed by atoms with Crippen LogP contribution in [0.4, 0.5) is 0 Å². The summed E-state index contributed by atoms with van der Waals surface area (Å²) >= 11 is 0. The number of aromatic nitrogens is 3. The number of rotatable bonds is 1. The molecule has 1 aliphatic heterocycles. The summed E-state index contributed by atoms with van der Waals surface area (Å²) < 4.78 is 1.95. The van der Waals surface area contributed by atoms with E-state index in [2.05, 4.69) is 49.3 Å². The molecular formula is C19H24N4O. The highest BCUT2D eigenvalue weighted by Gasteiger charge is 2.21. The Kier molecular flexibility index (Phi) is 3.49. The number of H-pyrrole nitrogens is 1. The highest BCUT2D eigenvalue weighted by Crippen LogP contribution is 2.29. The zero-order valence-corrected chi connectivity index (χ0v) is 14.5. The summed E-state index contributed by atoms with van der Waals surface area (Å²) in [6.07, 6.45) is 2.09. The molecule has 0 radical (unpaired) electrons. The molecule has 24 heavy (non-hydrogen) atoms. The lowest BCUT2D eigenvalue weighted by molar-refractivity contribution is 0.446. The molecule has 126 valence electrons. The Hall–Kier alpha value is -2.14. The Morgan fingerprint density at radius 3 is 2.62 bits per heavy atom. The van der Waals surface area contributed by atoms with E-state index in [1.165, 1.54) is 5.56 Å². The van der Waals surface area contributed by atoms with Gasteiger partial charge in [0, 0.05) is 17.4 Å². The van der Waals surface area contributed by atoms with Crippen molar-refractivity contribution in [1.82, 2.24) is 19.9 Å². The molecule has 0 aliphatic carbocycles. The maximum atomic E-state index is 12.2. The number of benzene rings is 1. The second-order valence-electron chi connectivity index (χ2n) is 7.83. The Balaban J connectivity index is 1.96. The molecule has 3 heterocycles. The molecule has 2 N–H and O–H groups in total. The standard InChI is InChI=1S/C19H24N4O/c1-19(2,3)13-4-5-14-15(10-13)22-23-16(11-17(24)21-18(14)23)12-6-8-20-9-7-12/h4-5,10-12,20H,6-9H2,1-3H3,(H,21,24). The third-order valence-electron chi connectivity index (χ3n) is 5.06. The molecule has 2 aromatic heterocycles. The quantitative estimate of drug-likeness (QED) is 0.723. The largest absolute Gasteiger partial charge is 0.317 e. The smallest absolute Gasteiger partial charge is 0.251 e. The summed E-state index contributed by atoms with van der Waals surface area (Å²) in [6, 6.07) is 8.09. The monoisotopic (exact) mass is 324 g/mol. The normalized spacial score (nSPS) is 17.0. The molecule has 0 amide bonds. The van der Waals surface area contributed by atoms with Crippen LogP contribution in [0.1, 0.15) is 50.8 Å². The Morgan fingerprint density at radius 2 is 1.92 bits per heavy atom. The number of fused-ring (bicyclic) bond motifs is 3. The van der Waals surface area contributed by atoms with Gasteiger partial charge < -0.3 is 10.3 Å². The molecule has 0 saturated carbocycles. The van der Waals surface area contributed by atoms with Crippen molar-refractivity contribution in [3.63, 3.8) is 0 Å². The van der Waals surface area contributed by atoms with E-state index in [1.807, 2.05) is 4.52 Å². The van der Waals surface area contributed by atoms with Crippen molar-refractivity contribution in [2.75, 3.05) is 13.1 Å². The molecule has 0 atom stereocenters. The lowest BCUT2D eigenvalue weighted by Gasteiger charge is -2.23. The fraction of sp³-hybridized carbons (Fsp3) is 0.474. The molecule has 1 saturated heterocycles. The summed E-state index contributed by atoms with van der Waals surface area (Å²) in [4.78, 5) is 15.2. The first-order chi connectivity index (χ1) is 11.4. The summed E-state index contributed by atoms with van der Waals surface area (Å²) in [5.41, 5.74) is 4.08. The first-order valence-electron chi connectivity index (χ1n) is 8.70. The number of nitrogens with zero attached hydrogens (tertiary/aromatic N) is 2. The third-order valence-corrected chi connectivity index (χ3v) is 5.06. The van der Waals surface area contributed by atoms with E-state index in [0.29, 0.717) is 5.92 Å². The van der Waals surface area contributed by atoms with Crippen molar-refractivity contribution in [3.8, 4) is 0 Å². The van der Waals surface area contributed by atoms with E-state index >= 15 is 0 Å². The number of nitrogens with one attached hydrogen (secondary N) is 2. The van der Waals surface area contributed by atoms with Crippen LogP contribution in [0.3, 0.4) is 0 Å². The van der Waals surface area contributed by atoms with Gasteiger partial charge in [0.15, 0.2) is 0 Å². The summed E-state index contributed by atoms with van der Waals surface area (Å²) in [7, 11) is 0. The van der Waals surface area contributed by atoms with Gasteiger partial charge in [-0.3, -0.25) is 4.79 Å². The fourth-order valence-electron chi connectivity index (χ4n) is 3.62. The molecular weight excluding hydrogens is 300 g/mol. The van der Waals surface area contributed by atoms with Gasteiger partial charge in [-0.15, -0.1) is 0 Å². The minimum atomic E-state index is -0.0438. The van der Waals surface area contributed by atoms with Crippen LogP contribution in [0.25, 0.3) is 16.6 Å². The molecule has 0 spiro atoms. The molecule has 1 aromatic carbocycles. The van der Waals surface area contributed by atoms with Crippen molar-refractivity contribution >= 4 is 16.6 Å². The van der Waals surface area contributed by atoms with Gasteiger partial charge in [0.1, 0.15) is 5.65 Å². The molecule has 0 unspecified atom stereocenters. The highest BCUT2D eigenvalue weighted by molar-refractivity contribution is 5.92. The van der Waals surface area contributed by atoms with Crippen LogP contribution in [0, 0.1) is 0 Å². The van der Waals surface area contributed by atoms with E-state index < -0.39 is 0 Å². The lowest BCUT2D eigenvalue weighted by atomic mass is 9.87. The molecule has 0 bridgehead atoms. The zero-order valence-electron chi connectivity index (χ0n) is 14.5. The average Bonchev–Trinajstić information content (AvgIpc) is 2.92. The van der Waals surface area contributed by atoms with Crippen LogP contribution in [-0.4, -0.2) is 27.7 Å². The molecule has 5 nitrogen and oxygen atoms in total. The SMILES string of the molecule is CC(C)(C)c1ccc2c(c1)nn1c(C3CCNCC3)cc(=O)[nH]c21. The number of hydrogen-bond acceptors (Lipinski definition) is 3. The predicted octanol–water partition coefficient (Wildman–Crippen LogP) is 2.94. The highest BCUT2D eigenvalue weighted by atomic mass is 16.1. The van der Waals surface area contributed by atoms with Crippen molar-refractivity contribution in [2.24, 2.45) is 0 Å². The van der Waals surface area contributed by atoms with Gasteiger partial charge in [-0.1, -0.05) is 26.8 Å². The van der Waals surface area contributed by atoms with Crippen LogP contribution in [-0.2, 0) is 5.41 Å². The average molecular weight is 324 g/mol. The van der Waals surface area contributed by atoms with Gasteiger partial charge in [0.05, 0.1) is 11.2 Å². The molecule has 5 heteroatoms. The van der Waals surface area contributed by atoms with Gasteiger partial charge in [0.25, 0.3) is 5.56 Å². The molecule has 4 rings (SSSR count). The van der Waals surface area contributed by atoms with Crippen LogP contribution in [0.2, 0.25) is 0 Å². The lowest BCUT2D eigenvalue weighted by Crippen LogP contribution is -2.28. The zero-order chi connectivity index (χ0) is 16.9. The van der Waals surface area contributed by atoms with Crippen molar-refractivity contribution in [1.29, 1.82) is 0 Å². The van der Waals surface area contributed by atoms with Gasteiger partial charge in [-0.05, 0) is 49.0 Å². The summed E-state index contributed by atoms with van der Waals surface area (Å²) in [5, 5.41) is 9.22. The van der Waals surface area contributed by atoms with E-state index in [4.69, 9.17) is 5.10 Å². The first-order valence-corrected chi connectivity index (χ1v) is 8.70. The number of piperidine rings is 1. The minimum Gasteiger partial charge on any atom is -0.317 e. The minimum absolute atomic E-state index is 0.0438. The Morgan fingerprint density at radius 1 is 1.17 bits per heavy atom. The third kappa shape index (κ3) is 2.53. The van der Waals surface area contributed by atoms with Gasteiger partial charge in [-0.2, -0.15) is 5.10 Å². The Labute approximate surface area is 141 Å². The summed E-state index contributed by atoms with van der Waals surface area (Å²) in [6.45, 7) is 8.59. The van der Waals surface area contributed by atoms with Crippen molar-refractivity contribution in [3.05, 3.63) is 45.9 Å². The van der Waals surface area contributed by atoms with Gasteiger partial charge in [-0.25, -0.2) is 4.52 Å². The fourth-order valence-corrected chi connectivity index (χ4v) is 3.62. The Bertz CT molecular complexity index is 955. The number of aromatic amines is 1. The van der Waals surface area contributed by atoms with Crippen LogP contribution in [0.5, 0.6) is 0 Å². The summed E-state index contributed by atoms with van der Waals surface area (Å²) in [5.74, 6) is 0.382. The second kappa shape index (κ2) is 5.45. The predicted molar refractivity (Wildman–Crippen MR) is 96.9 cm³/mol. The molecule has 3 aromatic rings. The maximum absolute atomic E-state index is 12.2. The van der Waals surface area contributed by atoms with Gasteiger partial charge >= 0.3 is 0 Å². The van der Waals surface area contributed by atoms with Crippen molar-refractivity contribution < 1.29 is 0 Å². The molecule has 1 fully saturated rings. The van der Waals surface area contributed by atoms with E-state index in [-0.39, 0.29) is 11.0 Å². The first kappa shape index (κ1) is 15.4. The van der Waals surface area contributed by atoms with Crippen molar-refractivity contribution in [2.45, 2.75) is 44.9 Å². The van der Waals surface area contributed by atoms with Crippen LogP contribution >= 0.6 is 0 Å². The molecule has 1 aliphatic rings. The van der Waals surface area contributed by atoms with Crippen LogP contribution < -0.4 is 10.9 Å². The van der Waals surface area contributed by atoms with Crippen LogP contribution in [0.15, 0.2) is 29.1 Å². The number of hydrogen-bond donors (Lipinski definition) is 2. The van der Waals surface area contributed by atoms with E-state index in [0.717, 1.165) is 48.2 Å². The van der Waals surface area contributed by atoms with Gasteiger partial charge in [0.2, 0.25) is 0 Å². The van der Waals surface area contributed by atoms with E-state index in [1.54, 1.807) is 6.07 Å². The van der Waals surface area contributed by atoms with E-state index in [9.17, 15) is 4.79 Å². The topological polar surface area (TPSA) is 62.2 Å².